The van der Waals surface area contributed by atoms with E-state index in [0.29, 0.717) is 0 Å². The zero-order valence-corrected chi connectivity index (χ0v) is 15.3. The van der Waals surface area contributed by atoms with E-state index < -0.39 is 0 Å². The molecule has 2 aromatic carbocycles. The van der Waals surface area contributed by atoms with Gasteiger partial charge in [0, 0.05) is 6.54 Å². The highest BCUT2D eigenvalue weighted by molar-refractivity contribution is 5.85. The van der Waals surface area contributed by atoms with E-state index >= 15 is 0 Å². The van der Waals surface area contributed by atoms with Crippen molar-refractivity contribution in [3.63, 3.8) is 0 Å². The monoisotopic (exact) mass is 345 g/mol. The molecule has 0 atom stereocenters. The average molecular weight is 346 g/mol. The Morgan fingerprint density at radius 3 is 2.33 bits per heavy atom. The number of methoxy groups -OCH3 is 1. The Labute approximate surface area is 152 Å². The van der Waals surface area contributed by atoms with Crippen LogP contribution in [-0.2, 0) is 12.8 Å². The summed E-state index contributed by atoms with van der Waals surface area (Å²) in [5.74, 6) is 1.87. The van der Waals surface area contributed by atoms with E-state index in [2.05, 4.69) is 53.4 Å². The summed E-state index contributed by atoms with van der Waals surface area (Å²) >= 11 is 0. The minimum atomic E-state index is 0. The van der Waals surface area contributed by atoms with E-state index in [1.165, 1.54) is 43.5 Å². The first kappa shape index (κ1) is 18.8. The Morgan fingerprint density at radius 2 is 1.62 bits per heavy atom. The lowest BCUT2D eigenvalue weighted by molar-refractivity contribution is 0.185. The summed E-state index contributed by atoms with van der Waals surface area (Å²) < 4.78 is 5.45. The van der Waals surface area contributed by atoms with Gasteiger partial charge in [-0.15, -0.1) is 12.4 Å². The molecule has 2 nitrogen and oxygen atoms in total. The second-order valence-corrected chi connectivity index (χ2v) is 6.54. The van der Waals surface area contributed by atoms with Crippen molar-refractivity contribution in [3.05, 3.63) is 65.7 Å². The van der Waals surface area contributed by atoms with Crippen LogP contribution in [0.2, 0.25) is 0 Å². The van der Waals surface area contributed by atoms with Gasteiger partial charge in [0.2, 0.25) is 0 Å². The molecule has 3 heteroatoms. The average Bonchev–Trinajstić information content (AvgIpc) is 2.62. The smallest absolute Gasteiger partial charge is 0.122 e. The van der Waals surface area contributed by atoms with Gasteiger partial charge in [0.05, 0.1) is 7.11 Å². The first-order valence-electron chi connectivity index (χ1n) is 8.73. The van der Waals surface area contributed by atoms with Crippen LogP contribution in [0.25, 0.3) is 0 Å². The van der Waals surface area contributed by atoms with Crippen molar-refractivity contribution in [2.75, 3.05) is 26.7 Å². The minimum Gasteiger partial charge on any atom is -0.496 e. The van der Waals surface area contributed by atoms with Gasteiger partial charge in [-0.1, -0.05) is 48.5 Å². The fraction of sp³-hybridized carbons (Fsp3) is 0.429. The summed E-state index contributed by atoms with van der Waals surface area (Å²) in [5.41, 5.74) is 2.81. The first-order valence-corrected chi connectivity index (χ1v) is 8.73. The molecule has 0 amide bonds. The predicted molar refractivity (Wildman–Crippen MR) is 103 cm³/mol. The van der Waals surface area contributed by atoms with Gasteiger partial charge in [0.25, 0.3) is 0 Å². The lowest BCUT2D eigenvalue weighted by Crippen LogP contribution is -2.35. The van der Waals surface area contributed by atoms with Crippen LogP contribution >= 0.6 is 12.4 Å². The molecule has 0 aromatic heterocycles. The number of hydrogen-bond donors (Lipinski definition) is 0. The Balaban J connectivity index is 0.00000208. The van der Waals surface area contributed by atoms with Gasteiger partial charge < -0.3 is 9.64 Å². The number of benzene rings is 2. The molecule has 2 aromatic rings. The molecule has 1 heterocycles. The van der Waals surface area contributed by atoms with Crippen molar-refractivity contribution < 1.29 is 4.74 Å². The summed E-state index contributed by atoms with van der Waals surface area (Å²) in [6.45, 7) is 3.59. The molecule has 0 spiro atoms. The van der Waals surface area contributed by atoms with Gasteiger partial charge in [0.15, 0.2) is 0 Å². The third-order valence-corrected chi connectivity index (χ3v) is 4.96. The summed E-state index contributed by atoms with van der Waals surface area (Å²) in [7, 11) is 1.76. The molecule has 0 aliphatic carbocycles. The SMILES string of the molecule is COc1ccccc1CCN1CCC(Cc2ccccc2)CC1.Cl. The lowest BCUT2D eigenvalue weighted by Gasteiger charge is -2.32. The van der Waals surface area contributed by atoms with E-state index in [0.717, 1.165) is 24.6 Å². The van der Waals surface area contributed by atoms with Gasteiger partial charge in [-0.2, -0.15) is 0 Å². The number of nitrogens with zero attached hydrogens (tertiary/aromatic N) is 1. The third-order valence-electron chi connectivity index (χ3n) is 4.96. The number of ether oxygens (including phenoxy) is 1. The van der Waals surface area contributed by atoms with Crippen molar-refractivity contribution in [3.8, 4) is 5.75 Å². The highest BCUT2D eigenvalue weighted by atomic mass is 35.5. The Kier molecular flexibility index (Phi) is 7.61. The summed E-state index contributed by atoms with van der Waals surface area (Å²) in [6, 6.07) is 19.3. The molecular formula is C21H28ClNO. The van der Waals surface area contributed by atoms with E-state index in [9.17, 15) is 0 Å². The lowest BCUT2D eigenvalue weighted by atomic mass is 9.90. The highest BCUT2D eigenvalue weighted by Gasteiger charge is 2.19. The number of likely N-dealkylation sites (tertiary alicyclic amines) is 1. The van der Waals surface area contributed by atoms with Gasteiger partial charge >= 0.3 is 0 Å². The maximum absolute atomic E-state index is 5.45. The highest BCUT2D eigenvalue weighted by Crippen LogP contribution is 2.23. The Bertz CT molecular complexity index is 594. The molecular weight excluding hydrogens is 318 g/mol. The summed E-state index contributed by atoms with van der Waals surface area (Å²) in [5, 5.41) is 0. The zero-order valence-electron chi connectivity index (χ0n) is 14.5. The second kappa shape index (κ2) is 9.71. The minimum absolute atomic E-state index is 0. The topological polar surface area (TPSA) is 12.5 Å². The van der Waals surface area contributed by atoms with Gasteiger partial charge in [-0.25, -0.2) is 0 Å². The normalized spacial score (nSPS) is 15.7. The zero-order chi connectivity index (χ0) is 15.9. The van der Waals surface area contributed by atoms with Crippen LogP contribution in [0.4, 0.5) is 0 Å². The van der Waals surface area contributed by atoms with Crippen molar-refractivity contribution in [1.82, 2.24) is 4.90 Å². The van der Waals surface area contributed by atoms with E-state index in [-0.39, 0.29) is 12.4 Å². The molecule has 24 heavy (non-hydrogen) atoms. The maximum atomic E-state index is 5.45. The fourth-order valence-electron chi connectivity index (χ4n) is 3.55. The molecule has 1 aliphatic heterocycles. The van der Waals surface area contributed by atoms with Crippen LogP contribution in [0.5, 0.6) is 5.75 Å². The van der Waals surface area contributed by atoms with Crippen LogP contribution < -0.4 is 4.74 Å². The first-order chi connectivity index (χ1) is 11.3. The van der Waals surface area contributed by atoms with Crippen molar-refractivity contribution >= 4 is 12.4 Å². The van der Waals surface area contributed by atoms with Crippen LogP contribution in [0.15, 0.2) is 54.6 Å². The van der Waals surface area contributed by atoms with Crippen molar-refractivity contribution in [2.45, 2.75) is 25.7 Å². The van der Waals surface area contributed by atoms with Gasteiger partial charge in [-0.05, 0) is 61.9 Å². The molecule has 0 saturated carbocycles. The number of rotatable bonds is 6. The number of para-hydroxylation sites is 1. The molecule has 0 unspecified atom stereocenters. The third kappa shape index (κ3) is 5.25. The molecule has 1 aliphatic rings. The standard InChI is InChI=1S/C21H27NO.ClH/c1-23-21-10-6-5-9-20(21)13-16-22-14-11-19(12-15-22)17-18-7-3-2-4-8-18;/h2-10,19H,11-17H2,1H3;1H. The predicted octanol–water partition coefficient (Wildman–Crippen LogP) is 4.61. The Morgan fingerprint density at radius 1 is 0.958 bits per heavy atom. The summed E-state index contributed by atoms with van der Waals surface area (Å²) in [4.78, 5) is 2.61. The fourth-order valence-corrected chi connectivity index (χ4v) is 3.55. The molecule has 1 fully saturated rings. The molecule has 1 saturated heterocycles. The van der Waals surface area contributed by atoms with E-state index in [4.69, 9.17) is 4.74 Å². The van der Waals surface area contributed by atoms with Crippen molar-refractivity contribution in [1.29, 1.82) is 0 Å². The van der Waals surface area contributed by atoms with Gasteiger partial charge in [-0.3, -0.25) is 0 Å². The van der Waals surface area contributed by atoms with Gasteiger partial charge in [0.1, 0.15) is 5.75 Å². The molecule has 3 rings (SSSR count). The quantitative estimate of drug-likeness (QED) is 0.757. The molecule has 130 valence electrons. The Hall–Kier alpha value is -1.51. The van der Waals surface area contributed by atoms with Crippen LogP contribution in [0, 0.1) is 5.92 Å². The maximum Gasteiger partial charge on any atom is 0.122 e. The van der Waals surface area contributed by atoms with Crippen LogP contribution in [0.3, 0.4) is 0 Å². The molecule has 0 bridgehead atoms. The largest absolute Gasteiger partial charge is 0.496 e. The second-order valence-electron chi connectivity index (χ2n) is 6.54. The van der Waals surface area contributed by atoms with Crippen molar-refractivity contribution in [2.24, 2.45) is 5.92 Å². The summed E-state index contributed by atoms with van der Waals surface area (Å²) in [6.07, 6.45) is 4.95. The van der Waals surface area contributed by atoms with E-state index in [1.807, 2.05) is 6.07 Å². The molecule has 0 radical (unpaired) electrons. The van der Waals surface area contributed by atoms with Crippen LogP contribution in [-0.4, -0.2) is 31.6 Å². The van der Waals surface area contributed by atoms with E-state index in [1.54, 1.807) is 7.11 Å². The number of halogens is 1. The number of hydrogen-bond acceptors (Lipinski definition) is 2. The number of piperidine rings is 1. The van der Waals surface area contributed by atoms with Crippen LogP contribution in [0.1, 0.15) is 24.0 Å². The molecule has 0 N–H and O–H groups in total.